The number of carbonyl (C=O) groups excluding carboxylic acids is 1. The van der Waals surface area contributed by atoms with Gasteiger partial charge in [0.15, 0.2) is 0 Å². The van der Waals surface area contributed by atoms with Crippen molar-refractivity contribution in [1.29, 1.82) is 0 Å². The topological polar surface area (TPSA) is 32.3 Å². The minimum absolute atomic E-state index is 0.0220. The molecule has 1 aliphatic heterocycles. The molecule has 0 saturated carbocycles. The van der Waals surface area contributed by atoms with E-state index < -0.39 is 0 Å². The minimum Gasteiger partial charge on any atom is -0.317 e. The molecule has 114 valence electrons. The van der Waals surface area contributed by atoms with Crippen LogP contribution in [0.4, 0.5) is 10.5 Å². The van der Waals surface area contributed by atoms with Crippen molar-refractivity contribution in [2.45, 2.75) is 32.7 Å². The average Bonchev–Trinajstić information content (AvgIpc) is 2.56. The van der Waals surface area contributed by atoms with E-state index in [1.807, 2.05) is 23.1 Å². The molecule has 2 aromatic carbocycles. The zero-order valence-corrected chi connectivity index (χ0v) is 13.2. The molecule has 0 saturated heterocycles. The van der Waals surface area contributed by atoms with Gasteiger partial charge in [0.25, 0.3) is 0 Å². The largest absolute Gasteiger partial charge is 0.322 e. The van der Waals surface area contributed by atoms with E-state index in [9.17, 15) is 4.79 Å². The van der Waals surface area contributed by atoms with Crippen LogP contribution < -0.4 is 5.32 Å². The Hall–Kier alpha value is -2.29. The van der Waals surface area contributed by atoms with Crippen molar-refractivity contribution in [2.75, 3.05) is 11.9 Å². The Kier molecular flexibility index (Phi) is 4.14. The molecule has 1 unspecified atom stereocenters. The molecule has 0 aromatic heterocycles. The zero-order valence-electron chi connectivity index (χ0n) is 13.2. The summed E-state index contributed by atoms with van der Waals surface area (Å²) >= 11 is 0. The number of benzene rings is 2. The summed E-state index contributed by atoms with van der Waals surface area (Å²) < 4.78 is 0. The predicted octanol–water partition coefficient (Wildman–Crippen LogP) is 4.40. The van der Waals surface area contributed by atoms with E-state index in [2.05, 4.69) is 49.5 Å². The van der Waals surface area contributed by atoms with E-state index in [0.29, 0.717) is 0 Å². The van der Waals surface area contributed by atoms with E-state index in [1.165, 1.54) is 16.7 Å². The number of carbonyl (C=O) groups is 1. The van der Waals surface area contributed by atoms with Crippen molar-refractivity contribution in [3.05, 3.63) is 65.2 Å². The molecule has 22 heavy (non-hydrogen) atoms. The number of rotatable bonds is 2. The van der Waals surface area contributed by atoms with Crippen molar-refractivity contribution in [2.24, 2.45) is 0 Å². The lowest BCUT2D eigenvalue weighted by Crippen LogP contribution is -2.41. The van der Waals surface area contributed by atoms with Crippen molar-refractivity contribution < 1.29 is 4.79 Å². The van der Waals surface area contributed by atoms with Gasteiger partial charge in [0.05, 0.1) is 6.04 Å². The molecular weight excluding hydrogens is 272 g/mol. The molecule has 0 aliphatic carbocycles. The Morgan fingerprint density at radius 2 is 1.91 bits per heavy atom. The SMILES string of the molecule is CCc1ccc(NC(=O)N2CCc3ccccc3C2C)cc1. The fourth-order valence-corrected chi connectivity index (χ4v) is 3.07. The molecule has 1 N–H and O–H groups in total. The monoisotopic (exact) mass is 294 g/mol. The van der Waals surface area contributed by atoms with Gasteiger partial charge in [0, 0.05) is 12.2 Å². The number of nitrogens with one attached hydrogen (secondary N) is 1. The molecule has 1 aliphatic rings. The van der Waals surface area contributed by atoms with Gasteiger partial charge in [-0.1, -0.05) is 43.3 Å². The van der Waals surface area contributed by atoms with Crippen LogP contribution in [0.5, 0.6) is 0 Å². The van der Waals surface area contributed by atoms with Crippen LogP contribution in [0.25, 0.3) is 0 Å². The Morgan fingerprint density at radius 3 is 2.64 bits per heavy atom. The van der Waals surface area contributed by atoms with Gasteiger partial charge in [-0.05, 0) is 48.6 Å². The molecule has 0 spiro atoms. The lowest BCUT2D eigenvalue weighted by atomic mass is 9.94. The Labute approximate surface area is 132 Å². The number of fused-ring (bicyclic) bond motifs is 1. The molecule has 2 aromatic rings. The molecule has 3 rings (SSSR count). The molecule has 3 heteroatoms. The van der Waals surface area contributed by atoms with Crippen LogP contribution in [-0.4, -0.2) is 17.5 Å². The van der Waals surface area contributed by atoms with Gasteiger partial charge >= 0.3 is 6.03 Å². The Bertz CT molecular complexity index is 663. The zero-order chi connectivity index (χ0) is 15.5. The van der Waals surface area contributed by atoms with Crippen molar-refractivity contribution in [3.8, 4) is 0 Å². The Balaban J connectivity index is 1.72. The van der Waals surface area contributed by atoms with Crippen LogP contribution in [-0.2, 0) is 12.8 Å². The Morgan fingerprint density at radius 1 is 1.18 bits per heavy atom. The summed E-state index contributed by atoms with van der Waals surface area (Å²) in [5, 5.41) is 3.01. The lowest BCUT2D eigenvalue weighted by molar-refractivity contribution is 0.188. The third-order valence-corrected chi connectivity index (χ3v) is 4.47. The molecule has 0 radical (unpaired) electrons. The van der Waals surface area contributed by atoms with Crippen LogP contribution in [0.1, 0.15) is 36.6 Å². The molecule has 1 atom stereocenters. The fraction of sp³-hybridized carbons (Fsp3) is 0.316. The molecule has 0 fully saturated rings. The normalized spacial score (nSPS) is 17.0. The second kappa shape index (κ2) is 6.22. The molecule has 3 nitrogen and oxygen atoms in total. The van der Waals surface area contributed by atoms with E-state index in [0.717, 1.165) is 25.1 Å². The maximum atomic E-state index is 12.6. The summed E-state index contributed by atoms with van der Waals surface area (Å²) in [7, 11) is 0. The van der Waals surface area contributed by atoms with E-state index in [1.54, 1.807) is 0 Å². The second-order valence-electron chi connectivity index (χ2n) is 5.80. The van der Waals surface area contributed by atoms with Gasteiger partial charge in [0.2, 0.25) is 0 Å². The van der Waals surface area contributed by atoms with Crippen LogP contribution in [0, 0.1) is 0 Å². The van der Waals surface area contributed by atoms with Gasteiger partial charge in [0.1, 0.15) is 0 Å². The standard InChI is InChI=1S/C19H22N2O/c1-3-15-8-10-17(11-9-15)20-19(22)21-13-12-16-6-4-5-7-18(16)14(21)2/h4-11,14H,3,12-13H2,1-2H3,(H,20,22). The average molecular weight is 294 g/mol. The minimum atomic E-state index is -0.0220. The quantitative estimate of drug-likeness (QED) is 0.874. The molecular formula is C19H22N2O. The molecule has 0 bridgehead atoms. The summed E-state index contributed by atoms with van der Waals surface area (Å²) in [6.45, 7) is 4.98. The number of nitrogens with zero attached hydrogens (tertiary/aromatic N) is 1. The van der Waals surface area contributed by atoms with Crippen LogP contribution in [0.2, 0.25) is 0 Å². The highest BCUT2D eigenvalue weighted by atomic mass is 16.2. The predicted molar refractivity (Wildman–Crippen MR) is 90.1 cm³/mol. The number of aryl methyl sites for hydroxylation is 1. The van der Waals surface area contributed by atoms with Crippen molar-refractivity contribution in [3.63, 3.8) is 0 Å². The summed E-state index contributed by atoms with van der Waals surface area (Å²) in [4.78, 5) is 14.5. The summed E-state index contributed by atoms with van der Waals surface area (Å²) in [6, 6.07) is 16.5. The van der Waals surface area contributed by atoms with Gasteiger partial charge < -0.3 is 10.2 Å². The fourth-order valence-electron chi connectivity index (χ4n) is 3.07. The highest BCUT2D eigenvalue weighted by Crippen LogP contribution is 2.29. The first-order valence-corrected chi connectivity index (χ1v) is 7.93. The summed E-state index contributed by atoms with van der Waals surface area (Å²) in [5.41, 5.74) is 4.74. The summed E-state index contributed by atoms with van der Waals surface area (Å²) in [6.07, 6.45) is 1.93. The first-order valence-electron chi connectivity index (χ1n) is 7.93. The van der Waals surface area contributed by atoms with E-state index >= 15 is 0 Å². The van der Waals surface area contributed by atoms with E-state index in [-0.39, 0.29) is 12.1 Å². The van der Waals surface area contributed by atoms with Gasteiger partial charge in [-0.2, -0.15) is 0 Å². The van der Waals surface area contributed by atoms with Crippen LogP contribution in [0.3, 0.4) is 0 Å². The van der Waals surface area contributed by atoms with Crippen molar-refractivity contribution in [1.82, 2.24) is 4.90 Å². The number of anilines is 1. The molecule has 1 heterocycles. The molecule has 2 amide bonds. The van der Waals surface area contributed by atoms with Crippen molar-refractivity contribution >= 4 is 11.7 Å². The first kappa shape index (κ1) is 14.6. The lowest BCUT2D eigenvalue weighted by Gasteiger charge is -2.35. The number of urea groups is 1. The first-order chi connectivity index (χ1) is 10.7. The second-order valence-corrected chi connectivity index (χ2v) is 5.80. The highest BCUT2D eigenvalue weighted by molar-refractivity contribution is 5.89. The van der Waals surface area contributed by atoms with Gasteiger partial charge in [-0.25, -0.2) is 4.79 Å². The van der Waals surface area contributed by atoms with E-state index in [4.69, 9.17) is 0 Å². The third kappa shape index (κ3) is 2.84. The third-order valence-electron chi connectivity index (χ3n) is 4.47. The van der Waals surface area contributed by atoms with Gasteiger partial charge in [-0.3, -0.25) is 0 Å². The highest BCUT2D eigenvalue weighted by Gasteiger charge is 2.27. The maximum Gasteiger partial charge on any atom is 0.322 e. The number of hydrogen-bond acceptors (Lipinski definition) is 1. The van der Waals surface area contributed by atoms with Crippen LogP contribution in [0.15, 0.2) is 48.5 Å². The smallest absolute Gasteiger partial charge is 0.317 e. The number of hydrogen-bond donors (Lipinski definition) is 1. The van der Waals surface area contributed by atoms with Crippen LogP contribution >= 0.6 is 0 Å². The summed E-state index contributed by atoms with van der Waals surface area (Å²) in [5.74, 6) is 0. The number of amides is 2. The van der Waals surface area contributed by atoms with Gasteiger partial charge in [-0.15, -0.1) is 0 Å². The maximum absolute atomic E-state index is 12.6.